The molecule has 2 saturated heterocycles. The number of carbonyl (C=O) groups is 4. The molecular weight excluding hydrogens is 755 g/mol. The Morgan fingerprint density at radius 3 is 2.52 bits per heavy atom. The number of anilines is 2. The van der Waals surface area contributed by atoms with E-state index in [1.165, 1.54) is 11.0 Å². The van der Waals surface area contributed by atoms with Crippen LogP contribution in [0.25, 0.3) is 11.0 Å². The molecule has 2 amide bonds. The summed E-state index contributed by atoms with van der Waals surface area (Å²) in [6.07, 6.45) is 14.9. The number of carbonyl (C=O) groups excluding carboxylic acids is 4. The van der Waals surface area contributed by atoms with Crippen LogP contribution in [-0.4, -0.2) is 110 Å². The van der Waals surface area contributed by atoms with Crippen molar-refractivity contribution in [3.05, 3.63) is 46.0 Å². The van der Waals surface area contributed by atoms with Crippen LogP contribution < -0.4 is 21.2 Å². The number of hydrogen-bond donors (Lipinski definition) is 2. The molecule has 2 aromatic heterocycles. The van der Waals surface area contributed by atoms with Crippen LogP contribution in [0.1, 0.15) is 108 Å². The molecule has 15 heteroatoms. The maximum Gasteiger partial charge on any atom is 0.329 e. The van der Waals surface area contributed by atoms with Crippen molar-refractivity contribution >= 4 is 59.1 Å². The Balaban J connectivity index is 0.00000166. The summed E-state index contributed by atoms with van der Waals surface area (Å²) >= 11 is 1.90. The predicted molar refractivity (Wildman–Crippen MR) is 228 cm³/mol. The zero-order chi connectivity index (χ0) is 41.0. The van der Waals surface area contributed by atoms with Crippen LogP contribution in [0.15, 0.2) is 29.2 Å². The maximum absolute atomic E-state index is 13.6. The number of unbranched alkanes of at least 4 members (excludes halogenated alkanes) is 1. The average Bonchev–Trinajstić information content (AvgIpc) is 3.44. The van der Waals surface area contributed by atoms with E-state index >= 15 is 0 Å². The second-order valence-electron chi connectivity index (χ2n) is 17.0. The number of aromatic nitrogens is 4. The van der Waals surface area contributed by atoms with Crippen LogP contribution in [0.4, 0.5) is 11.8 Å². The fraction of sp³-hybridized carbons (Fsp3) is 0.651. The van der Waals surface area contributed by atoms with E-state index in [0.717, 1.165) is 125 Å². The molecule has 14 nitrogen and oxygen atoms in total. The molecule has 1 spiro atoms. The highest BCUT2D eigenvalue weighted by molar-refractivity contribution is 7.97. The number of amides is 2. The van der Waals surface area contributed by atoms with Crippen molar-refractivity contribution in [3.63, 3.8) is 0 Å². The van der Waals surface area contributed by atoms with Gasteiger partial charge in [0.25, 0.3) is 0 Å². The van der Waals surface area contributed by atoms with Gasteiger partial charge >= 0.3 is 5.69 Å². The number of nitrogens with zero attached hydrogens (tertiary/aromatic N) is 7. The highest BCUT2D eigenvalue weighted by Gasteiger charge is 2.62. The van der Waals surface area contributed by atoms with Crippen LogP contribution in [-0.2, 0) is 38.1 Å². The second kappa shape index (κ2) is 18.5. The molecule has 4 atom stereocenters. The van der Waals surface area contributed by atoms with Gasteiger partial charge in [0.15, 0.2) is 0 Å². The first kappa shape index (κ1) is 42.1. The molecule has 2 aliphatic carbocycles. The van der Waals surface area contributed by atoms with Crippen molar-refractivity contribution in [2.45, 2.75) is 126 Å². The van der Waals surface area contributed by atoms with Gasteiger partial charge in [-0.1, -0.05) is 37.4 Å². The van der Waals surface area contributed by atoms with Gasteiger partial charge in [0.05, 0.1) is 22.5 Å². The molecule has 2 N–H and O–H groups in total. The van der Waals surface area contributed by atoms with Crippen LogP contribution in [0.2, 0.25) is 0 Å². The molecule has 5 aliphatic rings. The van der Waals surface area contributed by atoms with Gasteiger partial charge < -0.3 is 25.1 Å². The number of fused-ring (bicyclic) bond motifs is 3. The van der Waals surface area contributed by atoms with E-state index in [4.69, 9.17) is 9.97 Å². The molecular formula is C43H61N9O5S. The van der Waals surface area contributed by atoms with Crippen LogP contribution in [0.5, 0.6) is 0 Å². The summed E-state index contributed by atoms with van der Waals surface area (Å²) in [7, 11) is 5.47. The lowest BCUT2D eigenvalue weighted by Crippen LogP contribution is -2.42. The maximum atomic E-state index is 13.6. The summed E-state index contributed by atoms with van der Waals surface area (Å²) < 4.78 is 5.55. The Bertz CT molecular complexity index is 2020. The Hall–Kier alpha value is -4.08. The minimum atomic E-state index is -0.683. The molecule has 3 aliphatic heterocycles. The standard InChI is InChI=1S/C41H54N8O5S.C2H7N/c1-27-8-5-12-33(27)49-37-32(41(18-19-41)38(49)53)24-42-39(44-37)43-29-15-21-47(22-16-29)55-31-17-20-46(25-31)35(52)14-4-3-9-28-10-6-13-34-36(28)45(2)40(54)48(34)30(26-51)11-7-23-50;1-3-2/h6,10,13,23-24,26-27,29-31,33H,3-5,7-9,11-12,14-22,25H2,1-2H3,(H,42,43,44);3H,1-2H3. The number of piperidine rings is 1. The molecule has 4 fully saturated rings. The molecule has 0 bridgehead atoms. The number of benzene rings is 1. The Morgan fingerprint density at radius 2 is 1.83 bits per heavy atom. The first-order valence-electron chi connectivity index (χ1n) is 21.5. The summed E-state index contributed by atoms with van der Waals surface area (Å²) in [5.41, 5.74) is 2.92. The zero-order valence-electron chi connectivity index (χ0n) is 34.7. The van der Waals surface area contributed by atoms with Gasteiger partial charge in [0, 0.05) is 75.2 Å². The highest BCUT2D eigenvalue weighted by atomic mass is 32.2. The first-order valence-corrected chi connectivity index (χ1v) is 22.3. The van der Waals surface area contributed by atoms with Gasteiger partial charge in [0.1, 0.15) is 18.4 Å². The Morgan fingerprint density at radius 1 is 1.05 bits per heavy atom. The Kier molecular flexibility index (Phi) is 13.4. The molecule has 58 heavy (non-hydrogen) atoms. The summed E-state index contributed by atoms with van der Waals surface area (Å²) in [6, 6.07) is 5.60. The number of aryl methyl sites for hydroxylation is 2. The van der Waals surface area contributed by atoms with E-state index < -0.39 is 6.04 Å². The van der Waals surface area contributed by atoms with Gasteiger partial charge in [-0.25, -0.2) is 9.78 Å². The number of likely N-dealkylation sites (tertiary alicyclic amines) is 1. The van der Waals surface area contributed by atoms with E-state index in [2.05, 4.69) is 21.9 Å². The third-order valence-electron chi connectivity index (χ3n) is 13.0. The van der Waals surface area contributed by atoms with E-state index in [1.54, 1.807) is 11.6 Å². The van der Waals surface area contributed by atoms with Crippen molar-refractivity contribution in [1.29, 1.82) is 0 Å². The molecule has 4 unspecified atom stereocenters. The van der Waals surface area contributed by atoms with Gasteiger partial charge in [-0.15, -0.1) is 0 Å². The predicted octanol–water partition coefficient (Wildman–Crippen LogP) is 4.79. The minimum Gasteiger partial charge on any atom is -0.351 e. The fourth-order valence-corrected chi connectivity index (χ4v) is 11.0. The monoisotopic (exact) mass is 815 g/mol. The number of hydrogen-bond acceptors (Lipinski definition) is 11. The van der Waals surface area contributed by atoms with Crippen molar-refractivity contribution in [2.75, 3.05) is 50.5 Å². The van der Waals surface area contributed by atoms with Gasteiger partial charge in [-0.05, 0) is 102 Å². The number of nitrogens with one attached hydrogen (secondary N) is 2. The van der Waals surface area contributed by atoms with Crippen molar-refractivity contribution in [2.24, 2.45) is 13.0 Å². The number of imidazole rings is 1. The normalized spacial score (nSPS) is 23.2. The van der Waals surface area contributed by atoms with E-state index in [0.29, 0.717) is 35.5 Å². The summed E-state index contributed by atoms with van der Waals surface area (Å²) in [5, 5.41) is 6.75. The van der Waals surface area contributed by atoms with Gasteiger partial charge in [0.2, 0.25) is 17.8 Å². The van der Waals surface area contributed by atoms with E-state index in [-0.39, 0.29) is 41.4 Å². The lowest BCUT2D eigenvalue weighted by Gasteiger charge is -2.33. The van der Waals surface area contributed by atoms with E-state index in [9.17, 15) is 24.0 Å². The molecule has 314 valence electrons. The first-order chi connectivity index (χ1) is 28.1. The van der Waals surface area contributed by atoms with Gasteiger partial charge in [-0.3, -0.25) is 27.9 Å². The van der Waals surface area contributed by atoms with E-state index in [1.807, 2.05) is 60.2 Å². The zero-order valence-corrected chi connectivity index (χ0v) is 35.5. The summed E-state index contributed by atoms with van der Waals surface area (Å²) in [5.74, 6) is 2.43. The SMILES string of the molecule is CC1CCCC1N1C(=O)C2(CC2)c2cnc(NC3CCN(SC4CCN(C(=O)CCCCc5cccc6c5n(C)c(=O)n6C(C=O)CCC=O)C4)CC3)nc21.CNC. The van der Waals surface area contributed by atoms with Crippen LogP contribution in [0.3, 0.4) is 0 Å². The van der Waals surface area contributed by atoms with Gasteiger partial charge in [-0.2, -0.15) is 4.98 Å². The number of para-hydroxylation sites is 1. The van der Waals surface area contributed by atoms with Crippen LogP contribution in [0, 0.1) is 5.92 Å². The third kappa shape index (κ3) is 8.49. The topological polar surface area (TPSA) is 155 Å². The quantitative estimate of drug-likeness (QED) is 0.124. The Labute approximate surface area is 346 Å². The largest absolute Gasteiger partial charge is 0.351 e. The molecule has 0 radical (unpaired) electrons. The molecule has 8 rings (SSSR count). The molecule has 5 heterocycles. The molecule has 2 saturated carbocycles. The number of aldehydes is 2. The lowest BCUT2D eigenvalue weighted by atomic mass is 10.0. The minimum absolute atomic E-state index is 0.205. The average molecular weight is 816 g/mol. The highest BCUT2D eigenvalue weighted by Crippen LogP contribution is 2.58. The molecule has 1 aromatic carbocycles. The number of rotatable bonds is 15. The fourth-order valence-electron chi connectivity index (χ4n) is 9.66. The molecule has 3 aromatic rings. The lowest BCUT2D eigenvalue weighted by molar-refractivity contribution is -0.130. The summed E-state index contributed by atoms with van der Waals surface area (Å²) in [4.78, 5) is 76.5. The van der Waals surface area contributed by atoms with Crippen molar-refractivity contribution < 1.29 is 19.2 Å². The smallest absolute Gasteiger partial charge is 0.329 e. The van der Waals surface area contributed by atoms with Crippen LogP contribution >= 0.6 is 11.9 Å². The van der Waals surface area contributed by atoms with Crippen molar-refractivity contribution in [3.8, 4) is 0 Å². The second-order valence-corrected chi connectivity index (χ2v) is 18.4. The van der Waals surface area contributed by atoms with Crippen molar-refractivity contribution in [1.82, 2.24) is 33.6 Å². The summed E-state index contributed by atoms with van der Waals surface area (Å²) in [6.45, 7) is 5.75. The third-order valence-corrected chi connectivity index (χ3v) is 14.3.